The van der Waals surface area contributed by atoms with Gasteiger partial charge in [-0.25, -0.2) is 0 Å². The third-order valence-corrected chi connectivity index (χ3v) is 6.49. The minimum atomic E-state index is -0.755. The Morgan fingerprint density at radius 3 is 2.69 bits per heavy atom. The quantitative estimate of drug-likeness (QED) is 0.804. The number of carboxylic acid groups (broad SMARTS) is 1. The first kappa shape index (κ1) is 19.5. The Hall–Kier alpha value is -2.83. The molecule has 0 bridgehead atoms. The van der Waals surface area contributed by atoms with Gasteiger partial charge in [0.05, 0.1) is 23.1 Å². The van der Waals surface area contributed by atoms with E-state index in [1.165, 1.54) is 0 Å². The molecule has 1 saturated heterocycles. The highest BCUT2D eigenvalue weighted by Crippen LogP contribution is 2.48. The van der Waals surface area contributed by atoms with Gasteiger partial charge in [0.2, 0.25) is 5.91 Å². The van der Waals surface area contributed by atoms with Crippen LogP contribution in [0.15, 0.2) is 28.8 Å². The summed E-state index contributed by atoms with van der Waals surface area (Å²) in [5.74, 6) is 0.782. The molecule has 1 aliphatic heterocycles. The molecule has 0 unspecified atom stereocenters. The summed E-state index contributed by atoms with van der Waals surface area (Å²) in [6.45, 7) is 5.01. The van der Waals surface area contributed by atoms with Crippen LogP contribution in [-0.2, 0) is 22.6 Å². The molecule has 1 aromatic carbocycles. The summed E-state index contributed by atoms with van der Waals surface area (Å²) < 4.78 is 10.9. The van der Waals surface area contributed by atoms with E-state index in [4.69, 9.17) is 9.26 Å². The van der Waals surface area contributed by atoms with Crippen LogP contribution in [0.5, 0.6) is 5.75 Å². The lowest BCUT2D eigenvalue weighted by molar-refractivity contribution is -0.149. The van der Waals surface area contributed by atoms with Gasteiger partial charge in [-0.2, -0.15) is 0 Å². The summed E-state index contributed by atoms with van der Waals surface area (Å²) in [7, 11) is 0. The Labute approximate surface area is 169 Å². The molecule has 2 aromatic rings. The number of hydrogen-bond acceptors (Lipinski definition) is 5. The molecule has 1 aromatic heterocycles. The number of benzene rings is 1. The number of aromatic nitrogens is 1. The summed E-state index contributed by atoms with van der Waals surface area (Å²) in [4.78, 5) is 26.3. The summed E-state index contributed by atoms with van der Waals surface area (Å²) >= 11 is 0. The van der Waals surface area contributed by atoms with Gasteiger partial charge in [-0.1, -0.05) is 23.7 Å². The summed E-state index contributed by atoms with van der Waals surface area (Å²) in [6.07, 6.45) is 2.78. The molecule has 2 atom stereocenters. The molecule has 1 saturated carbocycles. The van der Waals surface area contributed by atoms with Gasteiger partial charge in [0, 0.05) is 13.1 Å². The Balaban J connectivity index is 1.34. The second kappa shape index (κ2) is 7.54. The standard InChI is InChI=1S/C22H26N2O5/c1-14-19(15(2)29-23-14)12-28-18-7-5-16(6-8-18)10-20(25)24-11-17-4-3-9-22(17,13-24)21(26)27/h5-8,17H,3-4,9-13H2,1-2H3,(H,26,27)/t17-,22+/m0/s1. The van der Waals surface area contributed by atoms with E-state index >= 15 is 0 Å². The molecule has 7 heteroatoms. The van der Waals surface area contributed by atoms with E-state index in [9.17, 15) is 14.7 Å². The molecule has 1 amide bonds. The Morgan fingerprint density at radius 1 is 1.31 bits per heavy atom. The number of ether oxygens (including phenoxy) is 1. The van der Waals surface area contributed by atoms with Crippen molar-refractivity contribution in [1.82, 2.24) is 10.1 Å². The van der Waals surface area contributed by atoms with Crippen molar-refractivity contribution >= 4 is 11.9 Å². The van der Waals surface area contributed by atoms with Crippen molar-refractivity contribution in [1.29, 1.82) is 0 Å². The van der Waals surface area contributed by atoms with Gasteiger partial charge in [-0.15, -0.1) is 0 Å². The molecule has 0 spiro atoms. The number of carbonyl (C=O) groups excluding carboxylic acids is 1. The van der Waals surface area contributed by atoms with Gasteiger partial charge in [-0.05, 0) is 50.3 Å². The molecule has 1 aliphatic carbocycles. The van der Waals surface area contributed by atoms with Crippen molar-refractivity contribution in [2.24, 2.45) is 11.3 Å². The normalized spacial score (nSPS) is 23.2. The van der Waals surface area contributed by atoms with Crippen LogP contribution in [0.2, 0.25) is 0 Å². The van der Waals surface area contributed by atoms with E-state index < -0.39 is 11.4 Å². The molecule has 154 valence electrons. The highest BCUT2D eigenvalue weighted by Gasteiger charge is 2.55. The summed E-state index contributed by atoms with van der Waals surface area (Å²) in [5, 5.41) is 13.6. The Morgan fingerprint density at radius 2 is 2.07 bits per heavy atom. The van der Waals surface area contributed by atoms with Gasteiger partial charge in [-0.3, -0.25) is 9.59 Å². The predicted molar refractivity (Wildman–Crippen MR) is 104 cm³/mol. The third-order valence-electron chi connectivity index (χ3n) is 6.49. The molecular formula is C22H26N2O5. The van der Waals surface area contributed by atoms with Crippen molar-refractivity contribution in [2.45, 2.75) is 46.1 Å². The number of aliphatic carboxylic acids is 1. The monoisotopic (exact) mass is 398 g/mol. The van der Waals surface area contributed by atoms with Crippen molar-refractivity contribution in [3.8, 4) is 5.75 Å². The van der Waals surface area contributed by atoms with Crippen molar-refractivity contribution in [3.05, 3.63) is 46.8 Å². The van der Waals surface area contributed by atoms with Crippen LogP contribution in [-0.4, -0.2) is 40.1 Å². The first-order chi connectivity index (χ1) is 13.9. The zero-order chi connectivity index (χ0) is 20.6. The Kier molecular flexibility index (Phi) is 5.06. The van der Waals surface area contributed by atoms with E-state index in [1.807, 2.05) is 38.1 Å². The highest BCUT2D eigenvalue weighted by atomic mass is 16.5. The number of likely N-dealkylation sites (tertiary alicyclic amines) is 1. The fourth-order valence-electron chi connectivity index (χ4n) is 4.68. The minimum absolute atomic E-state index is 0.00980. The van der Waals surface area contributed by atoms with Gasteiger partial charge in [0.15, 0.2) is 0 Å². The van der Waals surface area contributed by atoms with E-state index in [1.54, 1.807) is 4.90 Å². The first-order valence-electron chi connectivity index (χ1n) is 10.0. The molecule has 29 heavy (non-hydrogen) atoms. The number of fused-ring (bicyclic) bond motifs is 1. The maximum Gasteiger partial charge on any atom is 0.311 e. The smallest absolute Gasteiger partial charge is 0.311 e. The second-order valence-electron chi connectivity index (χ2n) is 8.24. The second-order valence-corrected chi connectivity index (χ2v) is 8.24. The van der Waals surface area contributed by atoms with Crippen molar-refractivity contribution in [3.63, 3.8) is 0 Å². The zero-order valence-electron chi connectivity index (χ0n) is 16.8. The fraction of sp³-hybridized carbons (Fsp3) is 0.500. The first-order valence-corrected chi connectivity index (χ1v) is 10.0. The average Bonchev–Trinajstić information content (AvgIpc) is 3.35. The lowest BCUT2D eigenvalue weighted by Crippen LogP contribution is -2.37. The topological polar surface area (TPSA) is 92.9 Å². The number of aryl methyl sites for hydroxylation is 2. The maximum atomic E-state index is 12.7. The third kappa shape index (κ3) is 3.61. The van der Waals surface area contributed by atoms with Crippen LogP contribution in [0.25, 0.3) is 0 Å². The maximum absolute atomic E-state index is 12.7. The number of carboxylic acids is 1. The van der Waals surface area contributed by atoms with Crippen molar-refractivity contribution in [2.75, 3.05) is 13.1 Å². The van der Waals surface area contributed by atoms with Crippen LogP contribution in [0.3, 0.4) is 0 Å². The number of rotatable bonds is 6. The van der Waals surface area contributed by atoms with Crippen LogP contribution in [0, 0.1) is 25.2 Å². The van der Waals surface area contributed by atoms with Crippen LogP contribution in [0.4, 0.5) is 0 Å². The number of carbonyl (C=O) groups is 2. The average molecular weight is 398 g/mol. The molecule has 2 aliphatic rings. The Bertz CT molecular complexity index is 900. The van der Waals surface area contributed by atoms with Gasteiger partial charge >= 0.3 is 5.97 Å². The van der Waals surface area contributed by atoms with Crippen LogP contribution < -0.4 is 4.74 Å². The minimum Gasteiger partial charge on any atom is -0.489 e. The molecular weight excluding hydrogens is 372 g/mol. The molecule has 2 heterocycles. The lowest BCUT2D eigenvalue weighted by atomic mass is 9.81. The molecule has 1 N–H and O–H groups in total. The van der Waals surface area contributed by atoms with E-state index in [0.717, 1.165) is 35.4 Å². The summed E-state index contributed by atoms with van der Waals surface area (Å²) in [6, 6.07) is 7.45. The van der Waals surface area contributed by atoms with Crippen molar-refractivity contribution < 1.29 is 24.0 Å². The molecule has 2 fully saturated rings. The molecule has 4 rings (SSSR count). The highest BCUT2D eigenvalue weighted by molar-refractivity contribution is 5.82. The number of hydrogen-bond donors (Lipinski definition) is 1. The summed E-state index contributed by atoms with van der Waals surface area (Å²) in [5.41, 5.74) is 1.92. The molecule has 0 radical (unpaired) electrons. The van der Waals surface area contributed by atoms with Gasteiger partial charge in [0.25, 0.3) is 0 Å². The molecule has 7 nitrogen and oxygen atoms in total. The van der Waals surface area contributed by atoms with Gasteiger partial charge < -0.3 is 19.3 Å². The van der Waals surface area contributed by atoms with E-state index in [0.29, 0.717) is 31.9 Å². The van der Waals surface area contributed by atoms with E-state index in [2.05, 4.69) is 5.16 Å². The zero-order valence-corrected chi connectivity index (χ0v) is 16.8. The lowest BCUT2D eigenvalue weighted by Gasteiger charge is -2.23. The van der Waals surface area contributed by atoms with E-state index in [-0.39, 0.29) is 18.2 Å². The van der Waals surface area contributed by atoms with Crippen LogP contribution in [0.1, 0.15) is 41.8 Å². The number of amides is 1. The predicted octanol–water partition coefficient (Wildman–Crippen LogP) is 3.13. The fourth-order valence-corrected chi connectivity index (χ4v) is 4.68. The SMILES string of the molecule is Cc1noc(C)c1COc1ccc(CC(=O)N2C[C@@H]3CCC[C@@]3(C(=O)O)C2)cc1. The van der Waals surface area contributed by atoms with Gasteiger partial charge in [0.1, 0.15) is 18.1 Å². The number of nitrogens with zero attached hydrogens (tertiary/aromatic N) is 2. The largest absolute Gasteiger partial charge is 0.489 e. The van der Waals surface area contributed by atoms with Crippen LogP contribution >= 0.6 is 0 Å².